The molecule has 1 amide bonds. The van der Waals surface area contributed by atoms with Gasteiger partial charge in [-0.15, -0.1) is 12.4 Å². The maximum absolute atomic E-state index is 11.7. The van der Waals surface area contributed by atoms with Crippen LogP contribution < -0.4 is 10.6 Å². The predicted molar refractivity (Wildman–Crippen MR) is 80.5 cm³/mol. The lowest BCUT2D eigenvalue weighted by atomic mass is 9.96. The van der Waals surface area contributed by atoms with Crippen LogP contribution in [0.15, 0.2) is 0 Å². The molecule has 0 aromatic heterocycles. The van der Waals surface area contributed by atoms with Crippen molar-refractivity contribution in [2.24, 2.45) is 11.8 Å². The number of hydrogen-bond donors (Lipinski definition) is 3. The van der Waals surface area contributed by atoms with Crippen molar-refractivity contribution in [3.05, 3.63) is 0 Å². The first-order valence-electron chi connectivity index (χ1n) is 7.32. The van der Waals surface area contributed by atoms with Crippen LogP contribution in [0, 0.1) is 11.8 Å². The Morgan fingerprint density at radius 3 is 2.63 bits per heavy atom. The molecule has 1 rings (SSSR count). The van der Waals surface area contributed by atoms with Crippen molar-refractivity contribution in [2.75, 3.05) is 19.6 Å². The van der Waals surface area contributed by atoms with Crippen molar-refractivity contribution in [1.82, 2.24) is 10.6 Å². The molecule has 2 unspecified atom stereocenters. The lowest BCUT2D eigenvalue weighted by Crippen LogP contribution is -2.36. The van der Waals surface area contributed by atoms with E-state index in [0.717, 1.165) is 32.4 Å². The van der Waals surface area contributed by atoms with E-state index < -0.39 is 6.10 Å². The zero-order chi connectivity index (χ0) is 13.4. The van der Waals surface area contributed by atoms with E-state index in [9.17, 15) is 9.90 Å². The second-order valence-corrected chi connectivity index (χ2v) is 5.35. The van der Waals surface area contributed by atoms with Crippen LogP contribution in [-0.2, 0) is 4.79 Å². The fraction of sp³-hybridized carbons (Fsp3) is 0.929. The van der Waals surface area contributed by atoms with Crippen LogP contribution in [0.2, 0.25) is 0 Å². The summed E-state index contributed by atoms with van der Waals surface area (Å²) in [5, 5.41) is 16.1. The van der Waals surface area contributed by atoms with Crippen molar-refractivity contribution in [2.45, 2.75) is 52.1 Å². The molecule has 0 spiro atoms. The highest BCUT2D eigenvalue weighted by molar-refractivity contribution is 5.85. The first kappa shape index (κ1) is 18.7. The van der Waals surface area contributed by atoms with Gasteiger partial charge < -0.3 is 15.7 Å². The number of carbonyl (C=O) groups excluding carboxylic acids is 1. The number of amides is 1. The molecule has 0 bridgehead atoms. The molecular formula is C14H29ClN2O2. The largest absolute Gasteiger partial charge is 0.391 e. The average Bonchev–Trinajstić information content (AvgIpc) is 2.88. The number of carbonyl (C=O) groups is 1. The van der Waals surface area contributed by atoms with Crippen LogP contribution in [0.5, 0.6) is 0 Å². The summed E-state index contributed by atoms with van der Waals surface area (Å²) in [6, 6.07) is 0. The number of nitrogens with one attached hydrogen (secondary N) is 2. The summed E-state index contributed by atoms with van der Waals surface area (Å²) in [6.45, 7) is 6.68. The van der Waals surface area contributed by atoms with Crippen LogP contribution in [0.4, 0.5) is 0 Å². The standard InChI is InChI=1S/C14H28N2O2.ClH/c1-3-12(4-2)13(17)10-16-14(18)6-5-11-7-8-15-9-11;/h11-13,15,17H,3-10H2,1-2H3,(H,16,18);1H. The van der Waals surface area contributed by atoms with E-state index >= 15 is 0 Å². The van der Waals surface area contributed by atoms with E-state index in [1.165, 1.54) is 6.42 Å². The SMILES string of the molecule is CCC(CC)C(O)CNC(=O)CCC1CCNC1.Cl. The van der Waals surface area contributed by atoms with Gasteiger partial charge >= 0.3 is 0 Å². The lowest BCUT2D eigenvalue weighted by Gasteiger charge is -2.20. The highest BCUT2D eigenvalue weighted by Gasteiger charge is 2.18. The molecule has 1 aliphatic heterocycles. The number of rotatable bonds is 8. The first-order chi connectivity index (χ1) is 8.67. The number of halogens is 1. The summed E-state index contributed by atoms with van der Waals surface area (Å²) in [5.74, 6) is 1.02. The van der Waals surface area contributed by atoms with E-state index in [0.29, 0.717) is 24.8 Å². The molecule has 0 aromatic carbocycles. The zero-order valence-corrected chi connectivity index (χ0v) is 13.0. The Morgan fingerprint density at radius 2 is 2.11 bits per heavy atom. The van der Waals surface area contributed by atoms with Crippen molar-refractivity contribution in [3.8, 4) is 0 Å². The number of aliphatic hydroxyl groups is 1. The van der Waals surface area contributed by atoms with Crippen molar-refractivity contribution in [3.63, 3.8) is 0 Å². The third-order valence-corrected chi connectivity index (χ3v) is 4.04. The van der Waals surface area contributed by atoms with Gasteiger partial charge in [0.15, 0.2) is 0 Å². The number of aliphatic hydroxyl groups excluding tert-OH is 1. The highest BCUT2D eigenvalue weighted by Crippen LogP contribution is 2.14. The van der Waals surface area contributed by atoms with Gasteiger partial charge in [-0.25, -0.2) is 0 Å². The third-order valence-electron chi connectivity index (χ3n) is 4.04. The summed E-state index contributed by atoms with van der Waals surface area (Å²) in [7, 11) is 0. The second-order valence-electron chi connectivity index (χ2n) is 5.35. The van der Waals surface area contributed by atoms with Crippen LogP contribution in [-0.4, -0.2) is 36.8 Å². The van der Waals surface area contributed by atoms with Crippen LogP contribution >= 0.6 is 12.4 Å². The van der Waals surface area contributed by atoms with E-state index in [2.05, 4.69) is 24.5 Å². The van der Waals surface area contributed by atoms with Crippen LogP contribution in [0.25, 0.3) is 0 Å². The molecule has 0 saturated carbocycles. The Bertz CT molecular complexity index is 242. The maximum Gasteiger partial charge on any atom is 0.220 e. The smallest absolute Gasteiger partial charge is 0.220 e. The second kappa shape index (κ2) is 10.5. The molecule has 0 aliphatic carbocycles. The van der Waals surface area contributed by atoms with Gasteiger partial charge in [0.25, 0.3) is 0 Å². The van der Waals surface area contributed by atoms with Crippen molar-refractivity contribution in [1.29, 1.82) is 0 Å². The van der Waals surface area contributed by atoms with Gasteiger partial charge in [-0.2, -0.15) is 0 Å². The van der Waals surface area contributed by atoms with Crippen molar-refractivity contribution < 1.29 is 9.90 Å². The Balaban J connectivity index is 0.00000324. The van der Waals surface area contributed by atoms with Gasteiger partial charge in [-0.1, -0.05) is 26.7 Å². The molecular weight excluding hydrogens is 264 g/mol. The fourth-order valence-electron chi connectivity index (χ4n) is 2.60. The molecule has 0 radical (unpaired) electrons. The van der Waals surface area contributed by atoms with Crippen LogP contribution in [0.1, 0.15) is 46.0 Å². The van der Waals surface area contributed by atoms with Crippen LogP contribution in [0.3, 0.4) is 0 Å². The molecule has 114 valence electrons. The van der Waals surface area contributed by atoms with Gasteiger partial charge in [0, 0.05) is 13.0 Å². The van der Waals surface area contributed by atoms with E-state index in [-0.39, 0.29) is 18.3 Å². The molecule has 1 saturated heterocycles. The Kier molecular flexibility index (Phi) is 10.3. The Hall–Kier alpha value is -0.320. The quantitative estimate of drug-likeness (QED) is 0.638. The predicted octanol–water partition coefficient (Wildman–Crippen LogP) is 1.71. The Labute approximate surface area is 123 Å². The van der Waals surface area contributed by atoms with Gasteiger partial charge in [-0.3, -0.25) is 4.79 Å². The molecule has 5 heteroatoms. The zero-order valence-electron chi connectivity index (χ0n) is 12.2. The van der Waals surface area contributed by atoms with E-state index in [1.807, 2.05) is 0 Å². The summed E-state index contributed by atoms with van der Waals surface area (Å²) in [5.41, 5.74) is 0. The van der Waals surface area contributed by atoms with Gasteiger partial charge in [-0.05, 0) is 37.8 Å². The highest BCUT2D eigenvalue weighted by atomic mass is 35.5. The molecule has 19 heavy (non-hydrogen) atoms. The van der Waals surface area contributed by atoms with Gasteiger partial charge in [0.2, 0.25) is 5.91 Å². The summed E-state index contributed by atoms with van der Waals surface area (Å²) in [6.07, 6.45) is 4.24. The van der Waals surface area contributed by atoms with Gasteiger partial charge in [0.05, 0.1) is 6.10 Å². The minimum absolute atomic E-state index is 0. The normalized spacial score (nSPS) is 20.1. The first-order valence-corrected chi connectivity index (χ1v) is 7.32. The van der Waals surface area contributed by atoms with E-state index in [4.69, 9.17) is 0 Å². The topological polar surface area (TPSA) is 61.4 Å². The minimum atomic E-state index is -0.405. The Morgan fingerprint density at radius 1 is 1.42 bits per heavy atom. The van der Waals surface area contributed by atoms with E-state index in [1.54, 1.807) is 0 Å². The monoisotopic (exact) mass is 292 g/mol. The molecule has 3 N–H and O–H groups in total. The number of hydrogen-bond acceptors (Lipinski definition) is 3. The summed E-state index contributed by atoms with van der Waals surface area (Å²) in [4.78, 5) is 11.7. The molecule has 1 aliphatic rings. The minimum Gasteiger partial charge on any atom is -0.391 e. The molecule has 1 heterocycles. The summed E-state index contributed by atoms with van der Waals surface area (Å²) < 4.78 is 0. The molecule has 2 atom stereocenters. The fourth-order valence-corrected chi connectivity index (χ4v) is 2.60. The lowest BCUT2D eigenvalue weighted by molar-refractivity contribution is -0.122. The van der Waals surface area contributed by atoms with Crippen molar-refractivity contribution >= 4 is 18.3 Å². The van der Waals surface area contributed by atoms with Gasteiger partial charge in [0.1, 0.15) is 0 Å². The molecule has 1 fully saturated rings. The molecule has 0 aromatic rings. The summed E-state index contributed by atoms with van der Waals surface area (Å²) >= 11 is 0. The maximum atomic E-state index is 11.7. The third kappa shape index (κ3) is 7.14. The average molecular weight is 293 g/mol. The molecule has 4 nitrogen and oxygen atoms in total.